The molecule has 0 aliphatic carbocycles. The van der Waals surface area contributed by atoms with Crippen LogP contribution in [-0.2, 0) is 4.74 Å². The van der Waals surface area contributed by atoms with Gasteiger partial charge in [0.25, 0.3) is 0 Å². The van der Waals surface area contributed by atoms with Gasteiger partial charge in [0.1, 0.15) is 0 Å². The number of hydrogen-bond donors (Lipinski definition) is 1. The van der Waals surface area contributed by atoms with Gasteiger partial charge in [-0.2, -0.15) is 0 Å². The lowest BCUT2D eigenvalue weighted by Gasteiger charge is -2.07. The van der Waals surface area contributed by atoms with Crippen molar-refractivity contribution in [2.24, 2.45) is 0 Å². The summed E-state index contributed by atoms with van der Waals surface area (Å²) in [5, 5.41) is 3.17. The lowest BCUT2D eigenvalue weighted by molar-refractivity contribution is 0.0999. The van der Waals surface area contributed by atoms with Crippen LogP contribution in [0.5, 0.6) is 0 Å². The molecule has 0 rings (SSSR count). The minimum Gasteiger partial charge on any atom is -0.373 e. The summed E-state index contributed by atoms with van der Waals surface area (Å²) in [6.45, 7) is 10.4. The van der Waals surface area contributed by atoms with Gasteiger partial charge in [-0.3, -0.25) is 0 Å². The fourth-order valence-corrected chi connectivity index (χ4v) is 0.562. The standard InChI is InChI=1S/C8H17NO/c1-4-8(3)10-7-6-9-5-2/h4,8-9H,1,5-7H2,2-3H3. The Bertz CT molecular complexity index is 83.3. The maximum atomic E-state index is 5.31. The van der Waals surface area contributed by atoms with Crippen LogP contribution in [0.3, 0.4) is 0 Å². The van der Waals surface area contributed by atoms with Crippen molar-refractivity contribution in [3.05, 3.63) is 12.7 Å². The van der Waals surface area contributed by atoms with Crippen molar-refractivity contribution in [1.82, 2.24) is 5.32 Å². The molecule has 60 valence electrons. The highest BCUT2D eigenvalue weighted by atomic mass is 16.5. The first-order chi connectivity index (χ1) is 4.81. The molecule has 0 saturated carbocycles. The third-order valence-corrected chi connectivity index (χ3v) is 1.24. The summed E-state index contributed by atoms with van der Waals surface area (Å²) in [5.41, 5.74) is 0. The van der Waals surface area contributed by atoms with Gasteiger partial charge in [-0.1, -0.05) is 13.0 Å². The molecule has 0 radical (unpaired) electrons. The van der Waals surface area contributed by atoms with Gasteiger partial charge in [0.2, 0.25) is 0 Å². The minimum atomic E-state index is 0.179. The van der Waals surface area contributed by atoms with Crippen molar-refractivity contribution >= 4 is 0 Å². The summed E-state index contributed by atoms with van der Waals surface area (Å²) in [6, 6.07) is 0. The van der Waals surface area contributed by atoms with Gasteiger partial charge in [-0.05, 0) is 13.5 Å². The molecule has 0 fully saturated rings. The van der Waals surface area contributed by atoms with Crippen molar-refractivity contribution < 1.29 is 4.74 Å². The summed E-state index contributed by atoms with van der Waals surface area (Å²) in [4.78, 5) is 0. The summed E-state index contributed by atoms with van der Waals surface area (Å²) in [6.07, 6.45) is 1.98. The zero-order valence-corrected chi connectivity index (χ0v) is 6.89. The Labute approximate surface area is 63.3 Å². The van der Waals surface area contributed by atoms with Crippen molar-refractivity contribution in [1.29, 1.82) is 0 Å². The number of likely N-dealkylation sites (N-methyl/N-ethyl adjacent to an activating group) is 1. The van der Waals surface area contributed by atoms with Crippen LogP contribution in [0.2, 0.25) is 0 Å². The highest BCUT2D eigenvalue weighted by molar-refractivity contribution is 4.74. The topological polar surface area (TPSA) is 21.3 Å². The monoisotopic (exact) mass is 143 g/mol. The average molecular weight is 143 g/mol. The molecule has 0 amide bonds. The van der Waals surface area contributed by atoms with Gasteiger partial charge < -0.3 is 10.1 Å². The van der Waals surface area contributed by atoms with E-state index in [1.807, 2.05) is 6.92 Å². The fraction of sp³-hybridized carbons (Fsp3) is 0.750. The van der Waals surface area contributed by atoms with Gasteiger partial charge in [0, 0.05) is 6.54 Å². The Kier molecular flexibility index (Phi) is 6.55. The van der Waals surface area contributed by atoms with Crippen LogP contribution in [0.4, 0.5) is 0 Å². The molecular weight excluding hydrogens is 126 g/mol. The van der Waals surface area contributed by atoms with E-state index in [4.69, 9.17) is 4.74 Å². The van der Waals surface area contributed by atoms with Crippen molar-refractivity contribution in [2.45, 2.75) is 20.0 Å². The van der Waals surface area contributed by atoms with Gasteiger partial charge in [-0.25, -0.2) is 0 Å². The van der Waals surface area contributed by atoms with Crippen molar-refractivity contribution in [3.8, 4) is 0 Å². The summed E-state index contributed by atoms with van der Waals surface area (Å²) in [5.74, 6) is 0. The summed E-state index contributed by atoms with van der Waals surface area (Å²) < 4.78 is 5.31. The molecule has 0 saturated heterocycles. The van der Waals surface area contributed by atoms with Crippen LogP contribution in [0.15, 0.2) is 12.7 Å². The molecule has 0 aromatic rings. The minimum absolute atomic E-state index is 0.179. The SMILES string of the molecule is C=CC(C)OCCNCC. The third-order valence-electron chi connectivity index (χ3n) is 1.24. The second kappa shape index (κ2) is 6.78. The van der Waals surface area contributed by atoms with Crippen LogP contribution in [0.1, 0.15) is 13.8 Å². The Morgan fingerprint density at radius 3 is 2.90 bits per heavy atom. The number of ether oxygens (including phenoxy) is 1. The van der Waals surface area contributed by atoms with Gasteiger partial charge >= 0.3 is 0 Å². The highest BCUT2D eigenvalue weighted by Gasteiger charge is 1.92. The molecule has 0 spiro atoms. The van der Waals surface area contributed by atoms with E-state index in [0.717, 1.165) is 19.7 Å². The Balaban J connectivity index is 2.95. The molecule has 1 atom stereocenters. The molecule has 1 N–H and O–H groups in total. The molecule has 2 nitrogen and oxygen atoms in total. The van der Waals surface area contributed by atoms with E-state index < -0.39 is 0 Å². The zero-order valence-electron chi connectivity index (χ0n) is 6.89. The molecule has 2 heteroatoms. The maximum Gasteiger partial charge on any atom is 0.0725 e. The normalized spacial score (nSPS) is 13.0. The predicted octanol–water partition coefficient (Wildman–Crippen LogP) is 1.19. The van der Waals surface area contributed by atoms with E-state index in [1.165, 1.54) is 0 Å². The molecule has 0 aromatic heterocycles. The van der Waals surface area contributed by atoms with E-state index in [9.17, 15) is 0 Å². The molecule has 0 bridgehead atoms. The lowest BCUT2D eigenvalue weighted by atomic mass is 10.4. The maximum absolute atomic E-state index is 5.31. The molecule has 0 aliphatic heterocycles. The summed E-state index contributed by atoms with van der Waals surface area (Å²) in [7, 11) is 0. The third kappa shape index (κ3) is 5.79. The fourth-order valence-electron chi connectivity index (χ4n) is 0.562. The van der Waals surface area contributed by atoms with E-state index in [0.29, 0.717) is 0 Å². The van der Waals surface area contributed by atoms with Crippen LogP contribution >= 0.6 is 0 Å². The van der Waals surface area contributed by atoms with E-state index in [1.54, 1.807) is 6.08 Å². The molecule has 0 aromatic carbocycles. The summed E-state index contributed by atoms with van der Waals surface area (Å²) >= 11 is 0. The second-order valence-corrected chi connectivity index (χ2v) is 2.17. The van der Waals surface area contributed by atoms with Gasteiger partial charge in [-0.15, -0.1) is 6.58 Å². The van der Waals surface area contributed by atoms with E-state index in [2.05, 4.69) is 18.8 Å². The Hall–Kier alpha value is -0.340. The van der Waals surface area contributed by atoms with Crippen LogP contribution in [-0.4, -0.2) is 25.8 Å². The van der Waals surface area contributed by atoms with Crippen LogP contribution < -0.4 is 5.32 Å². The van der Waals surface area contributed by atoms with E-state index >= 15 is 0 Å². The van der Waals surface area contributed by atoms with Crippen LogP contribution in [0, 0.1) is 0 Å². The van der Waals surface area contributed by atoms with Crippen LogP contribution in [0.25, 0.3) is 0 Å². The van der Waals surface area contributed by atoms with E-state index in [-0.39, 0.29) is 6.10 Å². The molecule has 0 heterocycles. The molecule has 0 aliphatic rings. The largest absolute Gasteiger partial charge is 0.373 e. The predicted molar refractivity (Wildman–Crippen MR) is 44.2 cm³/mol. The Morgan fingerprint density at radius 1 is 1.70 bits per heavy atom. The van der Waals surface area contributed by atoms with Gasteiger partial charge in [0.15, 0.2) is 0 Å². The molecule has 10 heavy (non-hydrogen) atoms. The van der Waals surface area contributed by atoms with Crippen molar-refractivity contribution in [3.63, 3.8) is 0 Å². The first kappa shape index (κ1) is 9.66. The highest BCUT2D eigenvalue weighted by Crippen LogP contribution is 1.88. The van der Waals surface area contributed by atoms with Crippen molar-refractivity contribution in [2.75, 3.05) is 19.7 Å². The first-order valence-corrected chi connectivity index (χ1v) is 3.76. The second-order valence-electron chi connectivity index (χ2n) is 2.17. The smallest absolute Gasteiger partial charge is 0.0725 e. The van der Waals surface area contributed by atoms with Gasteiger partial charge in [0.05, 0.1) is 12.7 Å². The lowest BCUT2D eigenvalue weighted by Crippen LogP contribution is -2.20. The number of hydrogen-bond acceptors (Lipinski definition) is 2. The average Bonchev–Trinajstić information content (AvgIpc) is 1.98. The zero-order chi connectivity index (χ0) is 7.82. The Morgan fingerprint density at radius 2 is 2.40 bits per heavy atom. The first-order valence-electron chi connectivity index (χ1n) is 3.76. The molecular formula is C8H17NO. The number of rotatable bonds is 6. The molecule has 1 unspecified atom stereocenters. The quantitative estimate of drug-likeness (QED) is 0.445. The number of nitrogens with one attached hydrogen (secondary N) is 1.